The molecule has 3 amide bonds. The van der Waals surface area contributed by atoms with E-state index in [1.807, 2.05) is 42.2 Å². The molecular weight excluding hydrogens is 591 g/mol. The smallest absolute Gasteiger partial charge is 0.409 e. The fraction of sp³-hybridized carbons (Fsp3) is 0.552. The second-order valence-corrected chi connectivity index (χ2v) is 12.6. The third kappa shape index (κ3) is 8.98. The van der Waals surface area contributed by atoms with E-state index in [4.69, 9.17) is 9.47 Å². The van der Waals surface area contributed by atoms with Gasteiger partial charge in [-0.3, -0.25) is 14.2 Å². The third-order valence-electron chi connectivity index (χ3n) is 7.73. The minimum atomic E-state index is -4.84. The molecule has 3 heterocycles. The van der Waals surface area contributed by atoms with E-state index in [1.165, 1.54) is 11.0 Å². The van der Waals surface area contributed by atoms with Crippen molar-refractivity contribution >= 4 is 31.3 Å². The van der Waals surface area contributed by atoms with Gasteiger partial charge in [0.25, 0.3) is 5.91 Å². The molecule has 3 N–H and O–H groups in total. The number of nitrogens with zero attached hydrogens (tertiary/aromatic N) is 5. The highest BCUT2D eigenvalue weighted by Gasteiger charge is 2.33. The number of carbonyl (C=O) groups excluding carboxylic acids is 3. The van der Waals surface area contributed by atoms with Gasteiger partial charge < -0.3 is 39.3 Å². The van der Waals surface area contributed by atoms with Gasteiger partial charge in [0, 0.05) is 64.4 Å². The molecule has 0 unspecified atom stereocenters. The first-order valence-electron chi connectivity index (χ1n) is 14.9. The fourth-order valence-corrected chi connectivity index (χ4v) is 5.81. The molecule has 0 radical (unpaired) electrons. The number of hydrogen-bond acceptors (Lipinski definition) is 9. The zero-order chi connectivity index (χ0) is 31.7. The summed E-state index contributed by atoms with van der Waals surface area (Å²) in [5, 5.41) is 2.42. The highest BCUT2D eigenvalue weighted by Crippen LogP contribution is 2.42. The van der Waals surface area contributed by atoms with E-state index in [0.717, 1.165) is 19.3 Å². The highest BCUT2D eigenvalue weighted by atomic mass is 31.2. The molecule has 0 saturated carbocycles. The molecule has 2 fully saturated rings. The topological polar surface area (TPSA) is 175 Å². The molecule has 1 aromatic carbocycles. The summed E-state index contributed by atoms with van der Waals surface area (Å²) in [5.74, 6) is -1.92. The summed E-state index contributed by atoms with van der Waals surface area (Å²) in [5.41, 5.74) is 0.624. The summed E-state index contributed by atoms with van der Waals surface area (Å²) < 4.78 is 23.1. The Labute approximate surface area is 256 Å². The number of hydrogen-bond donors (Lipinski definition) is 3. The average Bonchev–Trinajstić information content (AvgIpc) is 3.52. The molecule has 2 atom stereocenters. The molecule has 15 heteroatoms. The number of ether oxygens (including phenoxy) is 2. The van der Waals surface area contributed by atoms with Gasteiger partial charge in [0.15, 0.2) is 5.82 Å². The van der Waals surface area contributed by atoms with Crippen molar-refractivity contribution < 1.29 is 38.2 Å². The molecule has 0 spiro atoms. The van der Waals surface area contributed by atoms with Crippen LogP contribution in [0, 0.1) is 0 Å². The van der Waals surface area contributed by atoms with Gasteiger partial charge in [-0.25, -0.2) is 14.8 Å². The maximum Gasteiger partial charge on any atom is 0.409 e. The third-order valence-corrected chi connectivity index (χ3v) is 8.93. The predicted molar refractivity (Wildman–Crippen MR) is 162 cm³/mol. The van der Waals surface area contributed by atoms with Crippen LogP contribution < -0.4 is 10.2 Å². The Morgan fingerprint density at radius 3 is 2.41 bits per heavy atom. The van der Waals surface area contributed by atoms with Crippen molar-refractivity contribution in [2.24, 2.45) is 0 Å². The SMILES string of the molecule is CCCCOC(=O)N1CCN(C(=O)CC[C@@H](NC(=O)c2cc(N3CC[C@H](OC)C3)nc(-c3ccccc3)n2)P(=O)(O)O)CC1. The Hall–Kier alpha value is -3.58. The molecule has 2 aromatic rings. The molecule has 0 bridgehead atoms. The maximum atomic E-state index is 13.4. The van der Waals surface area contributed by atoms with Crippen LogP contribution in [-0.4, -0.2) is 112 Å². The van der Waals surface area contributed by atoms with Crippen molar-refractivity contribution in [3.05, 3.63) is 42.1 Å². The van der Waals surface area contributed by atoms with Crippen LogP contribution in [0.5, 0.6) is 0 Å². The molecule has 0 aliphatic carbocycles. The molecule has 2 aliphatic rings. The van der Waals surface area contributed by atoms with Crippen molar-refractivity contribution in [1.82, 2.24) is 25.1 Å². The molecule has 14 nitrogen and oxygen atoms in total. The van der Waals surface area contributed by atoms with E-state index in [0.29, 0.717) is 50.0 Å². The minimum Gasteiger partial charge on any atom is -0.449 e. The van der Waals surface area contributed by atoms with Crippen molar-refractivity contribution in [2.75, 3.05) is 57.9 Å². The van der Waals surface area contributed by atoms with Crippen molar-refractivity contribution in [3.63, 3.8) is 0 Å². The zero-order valence-corrected chi connectivity index (χ0v) is 26.0. The van der Waals surface area contributed by atoms with Gasteiger partial charge in [-0.05, 0) is 19.3 Å². The largest absolute Gasteiger partial charge is 0.449 e. The first kappa shape index (κ1) is 33.3. The molecule has 2 saturated heterocycles. The number of carbonyl (C=O) groups is 3. The molecule has 1 aromatic heterocycles. The standard InChI is InChI=1S/C29H41N6O8P/c1-3-4-18-43-29(38)34-16-14-33(15-17-34)26(36)11-10-25(44(39,40)41)32-28(37)23-19-24(35-13-12-22(20-35)42-2)31-27(30-23)21-8-6-5-7-9-21/h5-9,19,22,25H,3-4,10-18,20H2,1-2H3,(H,32,37)(H2,39,40,41)/t22-,25-/m0/s1. The fourth-order valence-electron chi connectivity index (χ4n) is 5.06. The Morgan fingerprint density at radius 1 is 1.07 bits per heavy atom. The summed E-state index contributed by atoms with van der Waals surface area (Å²) in [4.78, 5) is 72.7. The van der Waals surface area contributed by atoms with Gasteiger partial charge in [0.1, 0.15) is 17.3 Å². The molecular formula is C29H41N6O8P. The number of unbranched alkanes of at least 4 members (excludes halogenated alkanes) is 1. The first-order valence-corrected chi connectivity index (χ1v) is 16.5. The second-order valence-electron chi connectivity index (χ2n) is 10.8. The number of piperazine rings is 1. The van der Waals surface area contributed by atoms with Gasteiger partial charge in [-0.1, -0.05) is 43.7 Å². The van der Waals surface area contributed by atoms with Gasteiger partial charge in [-0.2, -0.15) is 0 Å². The molecule has 4 rings (SSSR count). The van der Waals surface area contributed by atoms with E-state index in [2.05, 4.69) is 15.3 Å². The van der Waals surface area contributed by atoms with Gasteiger partial charge in [-0.15, -0.1) is 0 Å². The van der Waals surface area contributed by atoms with Crippen LogP contribution in [0.3, 0.4) is 0 Å². The van der Waals surface area contributed by atoms with E-state index >= 15 is 0 Å². The van der Waals surface area contributed by atoms with Gasteiger partial charge in [0.05, 0.1) is 12.7 Å². The lowest BCUT2D eigenvalue weighted by atomic mass is 10.2. The number of amides is 3. The van der Waals surface area contributed by atoms with Crippen LogP contribution in [0.2, 0.25) is 0 Å². The van der Waals surface area contributed by atoms with Gasteiger partial charge in [0.2, 0.25) is 5.91 Å². The molecule has 2 aliphatic heterocycles. The Balaban J connectivity index is 1.41. The molecule has 240 valence electrons. The number of methoxy groups -OCH3 is 1. The summed E-state index contributed by atoms with van der Waals surface area (Å²) in [6, 6.07) is 10.6. The predicted octanol–water partition coefficient (Wildman–Crippen LogP) is 2.46. The zero-order valence-electron chi connectivity index (χ0n) is 25.1. The van der Waals surface area contributed by atoms with Crippen LogP contribution in [0.25, 0.3) is 11.4 Å². The average molecular weight is 633 g/mol. The van der Waals surface area contributed by atoms with Crippen LogP contribution in [-0.2, 0) is 18.8 Å². The number of benzene rings is 1. The minimum absolute atomic E-state index is 0.0154. The Kier molecular flexibility index (Phi) is 11.7. The van der Waals surface area contributed by atoms with E-state index < -0.39 is 25.4 Å². The lowest BCUT2D eigenvalue weighted by Gasteiger charge is -2.34. The quantitative estimate of drug-likeness (QED) is 0.232. The van der Waals surface area contributed by atoms with E-state index in [1.54, 1.807) is 12.0 Å². The summed E-state index contributed by atoms with van der Waals surface area (Å²) in [7, 11) is -3.20. The van der Waals surface area contributed by atoms with Crippen molar-refractivity contribution in [1.29, 1.82) is 0 Å². The van der Waals surface area contributed by atoms with Crippen molar-refractivity contribution in [2.45, 2.75) is 50.9 Å². The van der Waals surface area contributed by atoms with Crippen LogP contribution >= 0.6 is 7.60 Å². The maximum absolute atomic E-state index is 13.4. The number of aromatic nitrogens is 2. The second kappa shape index (κ2) is 15.4. The number of anilines is 1. The van der Waals surface area contributed by atoms with Crippen LogP contribution in [0.1, 0.15) is 49.5 Å². The van der Waals surface area contributed by atoms with Crippen LogP contribution in [0.15, 0.2) is 36.4 Å². The monoisotopic (exact) mass is 632 g/mol. The Bertz CT molecular complexity index is 1330. The van der Waals surface area contributed by atoms with Crippen molar-refractivity contribution in [3.8, 4) is 11.4 Å². The summed E-state index contributed by atoms with van der Waals surface area (Å²) in [6.07, 6.45) is 1.60. The lowest BCUT2D eigenvalue weighted by Crippen LogP contribution is -2.51. The number of rotatable bonds is 12. The normalized spacial score (nSPS) is 17.8. The van der Waals surface area contributed by atoms with E-state index in [-0.39, 0.29) is 43.6 Å². The summed E-state index contributed by atoms with van der Waals surface area (Å²) >= 11 is 0. The summed E-state index contributed by atoms with van der Waals surface area (Å²) in [6.45, 7) is 4.75. The van der Waals surface area contributed by atoms with Gasteiger partial charge >= 0.3 is 13.7 Å². The van der Waals surface area contributed by atoms with E-state index in [9.17, 15) is 28.7 Å². The van der Waals surface area contributed by atoms with Crippen LogP contribution in [0.4, 0.5) is 10.6 Å². The first-order chi connectivity index (χ1) is 21.1. The number of nitrogens with one attached hydrogen (secondary N) is 1. The highest BCUT2D eigenvalue weighted by molar-refractivity contribution is 7.52. The molecule has 44 heavy (non-hydrogen) atoms. The lowest BCUT2D eigenvalue weighted by molar-refractivity contribution is -0.132. The Morgan fingerprint density at radius 2 is 1.77 bits per heavy atom.